The molecule has 0 aliphatic heterocycles. The van der Waals surface area contributed by atoms with Gasteiger partial charge in [-0.15, -0.1) is 0 Å². The molecule has 130 valence electrons. The number of methoxy groups -OCH3 is 1. The Hall–Kier alpha value is -3.36. The van der Waals surface area contributed by atoms with Crippen molar-refractivity contribution < 1.29 is 14.1 Å². The fourth-order valence-corrected chi connectivity index (χ4v) is 2.16. The number of hydrogen-bond donors (Lipinski definition) is 2. The molecule has 0 saturated heterocycles. The van der Waals surface area contributed by atoms with Crippen LogP contribution in [0.2, 0.25) is 0 Å². The Morgan fingerprint density at radius 2 is 2.16 bits per heavy atom. The summed E-state index contributed by atoms with van der Waals surface area (Å²) >= 11 is 0. The normalized spacial score (nSPS) is 10.5. The average Bonchev–Trinajstić information content (AvgIpc) is 3.27. The van der Waals surface area contributed by atoms with Crippen molar-refractivity contribution in [3.8, 4) is 17.1 Å². The summed E-state index contributed by atoms with van der Waals surface area (Å²) in [5, 5.41) is 13.3. The lowest BCUT2D eigenvalue weighted by molar-refractivity contribution is 0.238. The Morgan fingerprint density at radius 1 is 1.32 bits per heavy atom. The first kappa shape index (κ1) is 16.5. The second-order valence-electron chi connectivity index (χ2n) is 5.30. The molecule has 0 radical (unpaired) electrons. The zero-order chi connectivity index (χ0) is 17.6. The van der Waals surface area contributed by atoms with E-state index in [1.165, 1.54) is 0 Å². The van der Waals surface area contributed by atoms with Crippen LogP contribution in [0.15, 0.2) is 41.2 Å². The van der Waals surface area contributed by atoms with E-state index in [1.807, 2.05) is 24.3 Å². The predicted molar refractivity (Wildman–Crippen MR) is 88.6 cm³/mol. The highest BCUT2D eigenvalue weighted by Crippen LogP contribution is 2.14. The van der Waals surface area contributed by atoms with E-state index in [4.69, 9.17) is 9.26 Å². The molecule has 9 heteroatoms. The van der Waals surface area contributed by atoms with Crippen molar-refractivity contribution in [2.45, 2.75) is 13.1 Å². The SMILES string of the molecule is COc1cccc(CNC(=O)NCc2nc(-c3cnn(C)c3)no2)c1. The Morgan fingerprint density at radius 3 is 2.92 bits per heavy atom. The number of ether oxygens (including phenoxy) is 1. The van der Waals surface area contributed by atoms with Crippen molar-refractivity contribution in [2.75, 3.05) is 7.11 Å². The van der Waals surface area contributed by atoms with Crippen LogP contribution < -0.4 is 15.4 Å². The van der Waals surface area contributed by atoms with Gasteiger partial charge in [0, 0.05) is 19.8 Å². The van der Waals surface area contributed by atoms with Gasteiger partial charge in [-0.3, -0.25) is 4.68 Å². The average molecular weight is 342 g/mol. The molecule has 3 aromatic rings. The number of hydrogen-bond acceptors (Lipinski definition) is 6. The van der Waals surface area contributed by atoms with Gasteiger partial charge in [0.1, 0.15) is 5.75 Å². The third kappa shape index (κ3) is 4.34. The zero-order valence-electron chi connectivity index (χ0n) is 13.9. The maximum atomic E-state index is 11.9. The van der Waals surface area contributed by atoms with Crippen LogP contribution >= 0.6 is 0 Å². The predicted octanol–water partition coefficient (Wildman–Crippen LogP) is 1.48. The highest BCUT2D eigenvalue weighted by molar-refractivity contribution is 5.73. The first-order valence-corrected chi connectivity index (χ1v) is 7.60. The third-order valence-electron chi connectivity index (χ3n) is 3.42. The van der Waals surface area contributed by atoms with Gasteiger partial charge in [-0.1, -0.05) is 17.3 Å². The number of nitrogens with zero attached hydrogens (tertiary/aromatic N) is 4. The van der Waals surface area contributed by atoms with Crippen LogP contribution in [-0.4, -0.2) is 33.1 Å². The Balaban J connectivity index is 1.48. The van der Waals surface area contributed by atoms with Crippen LogP contribution in [0.1, 0.15) is 11.5 Å². The minimum absolute atomic E-state index is 0.136. The third-order valence-corrected chi connectivity index (χ3v) is 3.42. The van der Waals surface area contributed by atoms with E-state index in [0.717, 1.165) is 16.9 Å². The lowest BCUT2D eigenvalue weighted by Crippen LogP contribution is -2.34. The number of aromatic nitrogens is 4. The van der Waals surface area contributed by atoms with Gasteiger partial charge in [-0.05, 0) is 17.7 Å². The van der Waals surface area contributed by atoms with Crippen LogP contribution in [0, 0.1) is 0 Å². The molecule has 0 fully saturated rings. The first-order chi connectivity index (χ1) is 12.1. The van der Waals surface area contributed by atoms with Crippen LogP contribution in [0.3, 0.4) is 0 Å². The van der Waals surface area contributed by atoms with Crippen molar-refractivity contribution in [1.29, 1.82) is 0 Å². The summed E-state index contributed by atoms with van der Waals surface area (Å²) in [5.74, 6) is 1.49. The number of carbonyl (C=O) groups excluding carboxylic acids is 1. The van der Waals surface area contributed by atoms with E-state index in [0.29, 0.717) is 18.3 Å². The quantitative estimate of drug-likeness (QED) is 0.702. The van der Waals surface area contributed by atoms with Gasteiger partial charge in [0.15, 0.2) is 0 Å². The Kier molecular flexibility index (Phi) is 4.93. The number of amides is 2. The topological polar surface area (TPSA) is 107 Å². The second kappa shape index (κ2) is 7.47. The summed E-state index contributed by atoms with van der Waals surface area (Å²) < 4.78 is 11.9. The van der Waals surface area contributed by atoms with E-state index in [9.17, 15) is 4.79 Å². The largest absolute Gasteiger partial charge is 0.497 e. The highest BCUT2D eigenvalue weighted by Gasteiger charge is 2.11. The molecule has 0 saturated carbocycles. The summed E-state index contributed by atoms with van der Waals surface area (Å²) in [5.41, 5.74) is 1.69. The molecule has 0 aliphatic carbocycles. The molecule has 1 aromatic carbocycles. The van der Waals surface area contributed by atoms with Crippen molar-refractivity contribution >= 4 is 6.03 Å². The number of benzene rings is 1. The molecule has 2 N–H and O–H groups in total. The van der Waals surface area contributed by atoms with Gasteiger partial charge in [0.25, 0.3) is 0 Å². The lowest BCUT2D eigenvalue weighted by Gasteiger charge is -2.07. The van der Waals surface area contributed by atoms with Crippen LogP contribution in [0.25, 0.3) is 11.4 Å². The monoisotopic (exact) mass is 342 g/mol. The standard InChI is InChI=1S/C16H18N6O3/c1-22-10-12(8-19-22)15-20-14(25-21-15)9-18-16(23)17-7-11-4-3-5-13(6-11)24-2/h3-6,8,10H,7,9H2,1-2H3,(H2,17,18,23). The van der Waals surface area contributed by atoms with E-state index in [2.05, 4.69) is 25.9 Å². The van der Waals surface area contributed by atoms with Gasteiger partial charge in [0.05, 0.1) is 25.4 Å². The molecule has 9 nitrogen and oxygen atoms in total. The summed E-state index contributed by atoms with van der Waals surface area (Å²) in [7, 11) is 3.40. The maximum Gasteiger partial charge on any atom is 0.315 e. The number of nitrogens with one attached hydrogen (secondary N) is 2. The zero-order valence-corrected chi connectivity index (χ0v) is 13.9. The van der Waals surface area contributed by atoms with Crippen molar-refractivity contribution in [1.82, 2.24) is 30.6 Å². The van der Waals surface area contributed by atoms with E-state index < -0.39 is 0 Å². The van der Waals surface area contributed by atoms with E-state index >= 15 is 0 Å². The lowest BCUT2D eigenvalue weighted by atomic mass is 10.2. The summed E-state index contributed by atoms with van der Waals surface area (Å²) in [6.45, 7) is 0.519. The molecule has 2 aromatic heterocycles. The highest BCUT2D eigenvalue weighted by atomic mass is 16.5. The van der Waals surface area contributed by atoms with Gasteiger partial charge < -0.3 is 19.9 Å². The van der Waals surface area contributed by atoms with Crippen LogP contribution in [-0.2, 0) is 20.1 Å². The van der Waals surface area contributed by atoms with Gasteiger partial charge in [-0.2, -0.15) is 10.1 Å². The van der Waals surface area contributed by atoms with Gasteiger partial charge in [-0.25, -0.2) is 4.79 Å². The minimum Gasteiger partial charge on any atom is -0.497 e. The van der Waals surface area contributed by atoms with Crippen LogP contribution in [0.4, 0.5) is 4.79 Å². The molecule has 0 atom stereocenters. The molecule has 0 spiro atoms. The smallest absolute Gasteiger partial charge is 0.315 e. The van der Waals surface area contributed by atoms with Crippen molar-refractivity contribution in [3.05, 3.63) is 48.1 Å². The number of aryl methyl sites for hydroxylation is 1. The maximum absolute atomic E-state index is 11.9. The molecular formula is C16H18N6O3. The van der Waals surface area contributed by atoms with Gasteiger partial charge >= 0.3 is 6.03 Å². The summed E-state index contributed by atoms with van der Waals surface area (Å²) in [6, 6.07) is 7.15. The fraction of sp³-hybridized carbons (Fsp3) is 0.250. The Bertz CT molecular complexity index is 857. The Labute approximate surface area is 144 Å². The number of carbonyl (C=O) groups is 1. The summed E-state index contributed by atoms with van der Waals surface area (Å²) in [4.78, 5) is 16.1. The molecule has 2 amide bonds. The number of urea groups is 1. The summed E-state index contributed by atoms with van der Waals surface area (Å²) in [6.07, 6.45) is 3.42. The molecule has 3 rings (SSSR count). The molecule has 0 unspecified atom stereocenters. The number of rotatable bonds is 6. The molecule has 0 bridgehead atoms. The van der Waals surface area contributed by atoms with Crippen molar-refractivity contribution in [3.63, 3.8) is 0 Å². The minimum atomic E-state index is -0.330. The van der Waals surface area contributed by atoms with Crippen LogP contribution in [0.5, 0.6) is 5.75 Å². The molecule has 0 aliphatic rings. The van der Waals surface area contributed by atoms with E-state index in [1.54, 1.807) is 31.2 Å². The molecule has 2 heterocycles. The second-order valence-corrected chi connectivity index (χ2v) is 5.30. The van der Waals surface area contributed by atoms with Gasteiger partial charge in [0.2, 0.25) is 11.7 Å². The first-order valence-electron chi connectivity index (χ1n) is 7.60. The van der Waals surface area contributed by atoms with Crippen molar-refractivity contribution in [2.24, 2.45) is 7.05 Å². The molecule has 25 heavy (non-hydrogen) atoms. The fourth-order valence-electron chi connectivity index (χ4n) is 2.16. The van der Waals surface area contributed by atoms with E-state index in [-0.39, 0.29) is 12.6 Å². The molecular weight excluding hydrogens is 324 g/mol.